The normalized spacial score (nSPS) is 1.50. The Morgan fingerprint density at radius 1 is 1.00 bits per heavy atom. The molecule has 0 spiro atoms. The van der Waals surface area contributed by atoms with E-state index in [0.29, 0.717) is 0 Å². The molecule has 1 radical (unpaired) electrons. The fraction of sp³-hybridized carbons (Fsp3) is 1.00. The third-order valence-corrected chi connectivity index (χ3v) is 0. The minimum absolute atomic E-state index is 0. The monoisotopic (exact) mass is 135 g/mol. The van der Waals surface area contributed by atoms with Crippen molar-refractivity contribution in [2.45, 2.75) is 21.3 Å². The van der Waals surface area contributed by atoms with Crippen LogP contribution in [0.5, 0.6) is 0 Å². The Hall–Kier alpha value is 1.10. The largest absolute Gasteiger partial charge is 0.0776 e. The molecule has 0 bridgehead atoms. The Bertz CT molecular complexity index is 3.25. The van der Waals surface area contributed by atoms with E-state index in [1.54, 1.807) is 0 Å². The van der Waals surface area contributed by atoms with Gasteiger partial charge in [-0.1, -0.05) is 21.3 Å². The van der Waals surface area contributed by atoms with E-state index in [0.717, 1.165) is 0 Å². The average molecular weight is 135 g/mol. The van der Waals surface area contributed by atoms with Crippen molar-refractivity contribution in [1.82, 2.24) is 0 Å². The maximum atomic E-state index is 2.00. The summed E-state index contributed by atoms with van der Waals surface area (Å²) in [6.45, 7) is 4.00. The molecule has 0 aromatic heterocycles. The van der Waals surface area contributed by atoms with Crippen LogP contribution in [0.15, 0.2) is 0 Å². The second-order valence-corrected chi connectivity index (χ2v) is 0. The van der Waals surface area contributed by atoms with Crippen LogP contribution in [0.4, 0.5) is 0 Å². The Morgan fingerprint density at radius 3 is 1.00 bits per heavy atom. The molecule has 0 nitrogen and oxygen atoms in total. The summed E-state index contributed by atoms with van der Waals surface area (Å²) in [5.41, 5.74) is 0. The molecular weight excluding hydrogens is 125 g/mol. The molecule has 0 saturated heterocycles. The van der Waals surface area contributed by atoms with E-state index in [1.807, 2.05) is 13.8 Å². The first-order valence-electron chi connectivity index (χ1n) is 1.00. The summed E-state index contributed by atoms with van der Waals surface area (Å²) in [6, 6.07) is 0. The molecule has 0 aliphatic rings. The molecule has 0 aromatic carbocycles. The van der Waals surface area contributed by atoms with Crippen LogP contribution in [0.25, 0.3) is 0 Å². The second kappa shape index (κ2) is 32.4. The Labute approximate surface area is 53.9 Å². The van der Waals surface area contributed by atoms with E-state index in [9.17, 15) is 0 Å². The van der Waals surface area contributed by atoms with Gasteiger partial charge in [0, 0.05) is 32.7 Å². The fourth-order valence-corrected chi connectivity index (χ4v) is 0. The molecule has 0 fully saturated rings. The van der Waals surface area contributed by atoms with Gasteiger partial charge in [-0.05, 0) is 0 Å². The summed E-state index contributed by atoms with van der Waals surface area (Å²) >= 11 is 0. The SMILES string of the molecule is C.CC.[Y]. The molecule has 4 heavy (non-hydrogen) atoms. The Morgan fingerprint density at radius 2 is 1.00 bits per heavy atom. The third kappa shape index (κ3) is 11.3. The zero-order valence-electron chi connectivity index (χ0n) is 2.58. The van der Waals surface area contributed by atoms with Crippen LogP contribution in [0.3, 0.4) is 0 Å². The smallest absolute Gasteiger partial charge is 0 e. The first kappa shape index (κ1) is 19.4. The minimum atomic E-state index is 0. The molecule has 25 valence electrons. The van der Waals surface area contributed by atoms with Crippen molar-refractivity contribution in [2.75, 3.05) is 0 Å². The maximum absolute atomic E-state index is 2.00. The van der Waals surface area contributed by atoms with Crippen molar-refractivity contribution in [3.05, 3.63) is 0 Å². The van der Waals surface area contributed by atoms with Gasteiger partial charge < -0.3 is 0 Å². The predicted octanol–water partition coefficient (Wildman–Crippen LogP) is 1.66. The van der Waals surface area contributed by atoms with Gasteiger partial charge in [0.05, 0.1) is 0 Å². The van der Waals surface area contributed by atoms with E-state index >= 15 is 0 Å². The van der Waals surface area contributed by atoms with Crippen molar-refractivity contribution in [2.24, 2.45) is 0 Å². The van der Waals surface area contributed by atoms with Crippen molar-refractivity contribution in [1.29, 1.82) is 0 Å². The molecule has 0 amide bonds. The topological polar surface area (TPSA) is 0 Å². The van der Waals surface area contributed by atoms with Gasteiger partial charge in [-0.15, -0.1) is 0 Å². The Kier molecular flexibility index (Phi) is 158. The number of rotatable bonds is 0. The molecule has 0 aliphatic carbocycles. The Balaban J connectivity index is -0.00000000500. The molecule has 1 heteroatoms. The maximum Gasteiger partial charge on any atom is 0 e. The average Bonchev–Trinajstić information content (AvgIpc) is 1.00. The summed E-state index contributed by atoms with van der Waals surface area (Å²) in [4.78, 5) is 0. The van der Waals surface area contributed by atoms with Gasteiger partial charge in [-0.2, -0.15) is 0 Å². The molecule has 0 unspecified atom stereocenters. The summed E-state index contributed by atoms with van der Waals surface area (Å²) in [6.07, 6.45) is 0. The van der Waals surface area contributed by atoms with Gasteiger partial charge in [0.25, 0.3) is 0 Å². The van der Waals surface area contributed by atoms with Crippen molar-refractivity contribution >= 4 is 0 Å². The van der Waals surface area contributed by atoms with Crippen LogP contribution in [-0.2, 0) is 32.7 Å². The summed E-state index contributed by atoms with van der Waals surface area (Å²) < 4.78 is 0. The van der Waals surface area contributed by atoms with Crippen molar-refractivity contribution in [3.8, 4) is 0 Å². The molecule has 0 saturated carbocycles. The van der Waals surface area contributed by atoms with E-state index in [1.165, 1.54) is 0 Å². The van der Waals surface area contributed by atoms with Gasteiger partial charge in [-0.25, -0.2) is 0 Å². The van der Waals surface area contributed by atoms with Gasteiger partial charge in [-0.3, -0.25) is 0 Å². The summed E-state index contributed by atoms with van der Waals surface area (Å²) in [7, 11) is 0. The standard InChI is InChI=1S/C2H6.CH4.Y/c1-2;;/h1-2H3;1H4;. The van der Waals surface area contributed by atoms with Gasteiger partial charge in [0.2, 0.25) is 0 Å². The van der Waals surface area contributed by atoms with E-state index in [2.05, 4.69) is 0 Å². The minimum Gasteiger partial charge on any atom is -0.0776 e. The van der Waals surface area contributed by atoms with Gasteiger partial charge >= 0.3 is 0 Å². The van der Waals surface area contributed by atoms with Gasteiger partial charge in [0.15, 0.2) is 0 Å². The van der Waals surface area contributed by atoms with Crippen LogP contribution in [0.2, 0.25) is 0 Å². The van der Waals surface area contributed by atoms with E-state index in [-0.39, 0.29) is 40.1 Å². The van der Waals surface area contributed by atoms with Crippen LogP contribution in [0, 0.1) is 0 Å². The van der Waals surface area contributed by atoms with Crippen LogP contribution in [-0.4, -0.2) is 0 Å². The molecular formula is C3H10Y. The zero-order chi connectivity index (χ0) is 2.00. The van der Waals surface area contributed by atoms with Crippen LogP contribution in [0.1, 0.15) is 21.3 Å². The number of hydrogen-bond acceptors (Lipinski definition) is 0. The molecule has 0 atom stereocenters. The van der Waals surface area contributed by atoms with Crippen LogP contribution < -0.4 is 0 Å². The third-order valence-electron chi connectivity index (χ3n) is 0. The van der Waals surface area contributed by atoms with Crippen molar-refractivity contribution < 1.29 is 32.7 Å². The van der Waals surface area contributed by atoms with Crippen LogP contribution >= 0.6 is 0 Å². The van der Waals surface area contributed by atoms with E-state index in [4.69, 9.17) is 0 Å². The summed E-state index contributed by atoms with van der Waals surface area (Å²) in [5, 5.41) is 0. The quantitative estimate of drug-likeness (QED) is 0.473. The fourth-order valence-electron chi connectivity index (χ4n) is 0. The van der Waals surface area contributed by atoms with E-state index < -0.39 is 0 Å². The summed E-state index contributed by atoms with van der Waals surface area (Å²) in [5.74, 6) is 0. The molecule has 0 aromatic rings. The first-order valence-corrected chi connectivity index (χ1v) is 1.00. The second-order valence-electron chi connectivity index (χ2n) is 0. The molecule has 0 aliphatic heterocycles. The molecule has 0 rings (SSSR count). The van der Waals surface area contributed by atoms with Crippen molar-refractivity contribution in [3.63, 3.8) is 0 Å². The zero-order valence-corrected chi connectivity index (χ0v) is 5.42. The predicted molar refractivity (Wildman–Crippen MR) is 18.1 cm³/mol. The molecule has 0 N–H and O–H groups in total. The number of hydrogen-bond donors (Lipinski definition) is 0. The first-order chi connectivity index (χ1) is 1.00. The molecule has 0 heterocycles. The van der Waals surface area contributed by atoms with Gasteiger partial charge in [0.1, 0.15) is 0 Å².